The molecule has 0 aliphatic heterocycles. The maximum atomic E-state index is 6.08. The third-order valence-corrected chi connectivity index (χ3v) is 5.47. The lowest BCUT2D eigenvalue weighted by Gasteiger charge is -2.16. The minimum Gasteiger partial charge on any atom is -0.305 e. The van der Waals surface area contributed by atoms with Gasteiger partial charge in [0.05, 0.1) is 16.8 Å². The lowest BCUT2D eigenvalue weighted by atomic mass is 10.1. The molecule has 2 aromatic rings. The molecule has 1 aromatic carbocycles. The van der Waals surface area contributed by atoms with Gasteiger partial charge in [-0.25, -0.2) is 4.98 Å². The summed E-state index contributed by atoms with van der Waals surface area (Å²) in [5.41, 5.74) is 2.38. The Morgan fingerprint density at radius 1 is 1.40 bits per heavy atom. The SMILES string of the molecule is CCNC(c1ccc(Cl)c(Br)c1)c1nc(CC)c(C)s1. The number of aromatic nitrogens is 1. The van der Waals surface area contributed by atoms with E-state index in [1.165, 1.54) is 16.1 Å². The molecule has 1 unspecified atom stereocenters. The highest BCUT2D eigenvalue weighted by Gasteiger charge is 2.19. The Morgan fingerprint density at radius 2 is 2.15 bits per heavy atom. The van der Waals surface area contributed by atoms with Crippen molar-refractivity contribution in [2.75, 3.05) is 6.54 Å². The Labute approximate surface area is 137 Å². The summed E-state index contributed by atoms with van der Waals surface area (Å²) in [6.07, 6.45) is 0.978. The first-order valence-electron chi connectivity index (χ1n) is 6.71. The average Bonchev–Trinajstić information content (AvgIpc) is 2.80. The molecule has 0 spiro atoms. The maximum Gasteiger partial charge on any atom is 0.115 e. The Hall–Kier alpha value is -0.420. The topological polar surface area (TPSA) is 24.9 Å². The van der Waals surface area contributed by atoms with Crippen molar-refractivity contribution < 1.29 is 0 Å². The second-order valence-electron chi connectivity index (χ2n) is 4.57. The molecule has 2 rings (SSSR count). The van der Waals surface area contributed by atoms with E-state index in [0.717, 1.165) is 27.5 Å². The fourth-order valence-corrected chi connectivity index (χ4v) is 3.77. The minimum atomic E-state index is 0.123. The molecule has 2 nitrogen and oxygen atoms in total. The van der Waals surface area contributed by atoms with Crippen molar-refractivity contribution in [2.24, 2.45) is 0 Å². The molecule has 108 valence electrons. The smallest absolute Gasteiger partial charge is 0.115 e. The largest absolute Gasteiger partial charge is 0.305 e. The quantitative estimate of drug-likeness (QED) is 0.786. The molecule has 20 heavy (non-hydrogen) atoms. The zero-order valence-corrected chi connectivity index (χ0v) is 15.0. The number of thiazole rings is 1. The van der Waals surface area contributed by atoms with Gasteiger partial charge in [-0.05, 0) is 53.5 Å². The highest BCUT2D eigenvalue weighted by atomic mass is 79.9. The van der Waals surface area contributed by atoms with Gasteiger partial charge in [-0.15, -0.1) is 11.3 Å². The van der Waals surface area contributed by atoms with E-state index >= 15 is 0 Å². The zero-order chi connectivity index (χ0) is 14.7. The van der Waals surface area contributed by atoms with E-state index in [2.05, 4.69) is 54.2 Å². The minimum absolute atomic E-state index is 0.123. The first kappa shape index (κ1) is 16.0. The van der Waals surface area contributed by atoms with E-state index in [1.807, 2.05) is 6.07 Å². The summed E-state index contributed by atoms with van der Waals surface area (Å²) in [7, 11) is 0. The van der Waals surface area contributed by atoms with Crippen LogP contribution in [0.25, 0.3) is 0 Å². The van der Waals surface area contributed by atoms with Crippen molar-refractivity contribution in [2.45, 2.75) is 33.2 Å². The fraction of sp³-hybridized carbons (Fsp3) is 0.400. The summed E-state index contributed by atoms with van der Waals surface area (Å²) in [5.74, 6) is 0. The fourth-order valence-electron chi connectivity index (χ4n) is 2.15. The van der Waals surface area contributed by atoms with Gasteiger partial charge in [0.15, 0.2) is 0 Å². The predicted molar refractivity (Wildman–Crippen MR) is 90.9 cm³/mol. The summed E-state index contributed by atoms with van der Waals surface area (Å²) in [6.45, 7) is 7.29. The number of hydrogen-bond donors (Lipinski definition) is 1. The van der Waals surface area contributed by atoms with Gasteiger partial charge in [-0.2, -0.15) is 0 Å². The Balaban J connectivity index is 2.41. The van der Waals surface area contributed by atoms with Crippen molar-refractivity contribution in [1.29, 1.82) is 0 Å². The number of halogens is 2. The van der Waals surface area contributed by atoms with Gasteiger partial charge < -0.3 is 5.32 Å². The molecule has 0 radical (unpaired) electrons. The summed E-state index contributed by atoms with van der Waals surface area (Å²) in [5, 5.41) is 5.36. The van der Waals surface area contributed by atoms with E-state index in [-0.39, 0.29) is 6.04 Å². The van der Waals surface area contributed by atoms with Crippen LogP contribution in [-0.4, -0.2) is 11.5 Å². The van der Waals surface area contributed by atoms with E-state index in [0.29, 0.717) is 0 Å². The highest BCUT2D eigenvalue weighted by molar-refractivity contribution is 9.10. The van der Waals surface area contributed by atoms with Crippen LogP contribution in [0.4, 0.5) is 0 Å². The van der Waals surface area contributed by atoms with Crippen LogP contribution in [0.15, 0.2) is 22.7 Å². The normalized spacial score (nSPS) is 12.7. The van der Waals surface area contributed by atoms with Gasteiger partial charge in [0.1, 0.15) is 5.01 Å². The Kier molecular flexibility index (Phi) is 5.61. The summed E-state index contributed by atoms with van der Waals surface area (Å²) >= 11 is 11.3. The number of nitrogens with zero attached hydrogens (tertiary/aromatic N) is 1. The van der Waals surface area contributed by atoms with E-state index in [4.69, 9.17) is 16.6 Å². The third-order valence-electron chi connectivity index (χ3n) is 3.18. The molecule has 0 fully saturated rings. The summed E-state index contributed by atoms with van der Waals surface area (Å²) in [6, 6.07) is 6.17. The zero-order valence-electron chi connectivity index (χ0n) is 11.8. The monoisotopic (exact) mass is 372 g/mol. The molecule has 1 atom stereocenters. The maximum absolute atomic E-state index is 6.08. The molecule has 1 aromatic heterocycles. The summed E-state index contributed by atoms with van der Waals surface area (Å²) < 4.78 is 0.920. The van der Waals surface area contributed by atoms with Crippen LogP contribution in [0.3, 0.4) is 0 Å². The standard InChI is InChI=1S/C15H18BrClN2S/c1-4-13-9(3)20-15(19-13)14(18-5-2)10-6-7-12(17)11(16)8-10/h6-8,14,18H,4-5H2,1-3H3. The van der Waals surface area contributed by atoms with Crippen molar-refractivity contribution in [3.8, 4) is 0 Å². The van der Waals surface area contributed by atoms with Crippen molar-refractivity contribution in [3.63, 3.8) is 0 Å². The lowest BCUT2D eigenvalue weighted by molar-refractivity contribution is 0.625. The number of nitrogens with one attached hydrogen (secondary N) is 1. The first-order valence-corrected chi connectivity index (χ1v) is 8.70. The van der Waals surface area contributed by atoms with Crippen molar-refractivity contribution in [3.05, 3.63) is 48.8 Å². The van der Waals surface area contributed by atoms with Gasteiger partial charge >= 0.3 is 0 Å². The van der Waals surface area contributed by atoms with E-state index < -0.39 is 0 Å². The molecule has 5 heteroatoms. The second-order valence-corrected chi connectivity index (χ2v) is 7.07. The Morgan fingerprint density at radius 3 is 2.70 bits per heavy atom. The molecule has 1 heterocycles. The molecular formula is C15H18BrClN2S. The molecule has 0 bridgehead atoms. The second kappa shape index (κ2) is 7.03. The van der Waals surface area contributed by atoms with E-state index in [1.54, 1.807) is 11.3 Å². The van der Waals surface area contributed by atoms with Gasteiger partial charge in [0.25, 0.3) is 0 Å². The lowest BCUT2D eigenvalue weighted by Crippen LogP contribution is -2.21. The molecule has 0 saturated carbocycles. The molecule has 1 N–H and O–H groups in total. The number of benzene rings is 1. The van der Waals surface area contributed by atoms with Gasteiger partial charge in [-0.1, -0.05) is 31.5 Å². The number of aryl methyl sites for hydroxylation is 2. The van der Waals surface area contributed by atoms with Crippen molar-refractivity contribution in [1.82, 2.24) is 10.3 Å². The van der Waals surface area contributed by atoms with Crippen LogP contribution >= 0.6 is 38.9 Å². The summed E-state index contributed by atoms with van der Waals surface area (Å²) in [4.78, 5) is 6.09. The molecule has 0 aliphatic carbocycles. The van der Waals surface area contributed by atoms with Crippen LogP contribution in [-0.2, 0) is 6.42 Å². The predicted octanol–water partition coefficient (Wildman–Crippen LogP) is 5.13. The van der Waals surface area contributed by atoms with Gasteiger partial charge in [0.2, 0.25) is 0 Å². The van der Waals surface area contributed by atoms with Gasteiger partial charge in [0, 0.05) is 9.35 Å². The van der Waals surface area contributed by atoms with Crippen LogP contribution < -0.4 is 5.32 Å². The Bertz CT molecular complexity index is 598. The van der Waals surface area contributed by atoms with Crippen LogP contribution in [0.5, 0.6) is 0 Å². The van der Waals surface area contributed by atoms with Gasteiger partial charge in [-0.3, -0.25) is 0 Å². The van der Waals surface area contributed by atoms with Crippen LogP contribution in [0.2, 0.25) is 5.02 Å². The van der Waals surface area contributed by atoms with E-state index in [9.17, 15) is 0 Å². The molecule has 0 aliphatic rings. The van der Waals surface area contributed by atoms with Crippen molar-refractivity contribution >= 4 is 38.9 Å². The third kappa shape index (κ3) is 3.42. The number of hydrogen-bond acceptors (Lipinski definition) is 3. The molecular weight excluding hydrogens is 356 g/mol. The van der Waals surface area contributed by atoms with Crippen LogP contribution in [0.1, 0.15) is 41.0 Å². The molecule has 0 amide bonds. The highest BCUT2D eigenvalue weighted by Crippen LogP contribution is 2.32. The average molecular weight is 374 g/mol. The number of rotatable bonds is 5. The molecule has 0 saturated heterocycles. The first-order chi connectivity index (χ1) is 9.56. The van der Waals surface area contributed by atoms with Crippen LogP contribution in [0, 0.1) is 6.92 Å².